The third-order valence-corrected chi connectivity index (χ3v) is 10.4. The van der Waals surface area contributed by atoms with Gasteiger partial charge in [-0.3, -0.25) is 33.4 Å². The van der Waals surface area contributed by atoms with Gasteiger partial charge in [-0.15, -0.1) is 0 Å². The highest BCUT2D eigenvalue weighted by molar-refractivity contribution is 5.89. The van der Waals surface area contributed by atoms with E-state index in [1.54, 1.807) is 16.6 Å². The molecule has 15 nitrogen and oxygen atoms in total. The maximum atomic E-state index is 13.4. The summed E-state index contributed by atoms with van der Waals surface area (Å²) < 4.78 is 5.14. The van der Waals surface area contributed by atoms with Crippen molar-refractivity contribution in [1.82, 2.24) is 54.5 Å². The molecular formula is C40H47N11O4. The minimum atomic E-state index is -1.08. The first-order chi connectivity index (χ1) is 26.8. The highest BCUT2D eigenvalue weighted by Gasteiger charge is 2.33. The number of hydrogen-bond acceptors (Lipinski definition) is 10. The minimum Gasteiger partial charge on any atom is -0.388 e. The SMILES string of the molecule is Cn1nc2c(=O)n(CC3(O)CCN(C=O)CC3)cnc2c1-c1ccc(CNCc2cnn(CCCCCCc3ccc(Cc4nc(C=O)n[nH]4)cc3)c2)cc1. The van der Waals surface area contributed by atoms with Crippen LogP contribution in [0.25, 0.3) is 22.3 Å². The van der Waals surface area contributed by atoms with Crippen LogP contribution < -0.4 is 10.9 Å². The van der Waals surface area contributed by atoms with Gasteiger partial charge in [-0.2, -0.15) is 15.3 Å². The third-order valence-electron chi connectivity index (χ3n) is 10.4. The Bertz CT molecular complexity index is 2260. The number of aryl methyl sites for hydroxylation is 3. The second kappa shape index (κ2) is 17.1. The molecule has 1 fully saturated rings. The first-order valence-electron chi connectivity index (χ1n) is 18.9. The van der Waals surface area contributed by atoms with E-state index in [0.29, 0.717) is 63.1 Å². The summed E-state index contributed by atoms with van der Waals surface area (Å²) >= 11 is 0. The quantitative estimate of drug-likeness (QED) is 0.0869. The number of likely N-dealkylation sites (tertiary alicyclic amines) is 1. The van der Waals surface area contributed by atoms with Crippen LogP contribution in [0.15, 0.2) is 72.0 Å². The number of aldehydes is 1. The summed E-state index contributed by atoms with van der Waals surface area (Å²) in [5, 5.41) is 30.3. The number of piperidine rings is 1. The molecule has 6 aromatic rings. The van der Waals surface area contributed by atoms with Crippen molar-refractivity contribution < 1.29 is 14.7 Å². The largest absolute Gasteiger partial charge is 0.388 e. The van der Waals surface area contributed by atoms with E-state index >= 15 is 0 Å². The van der Waals surface area contributed by atoms with E-state index in [4.69, 9.17) is 0 Å². The molecule has 0 radical (unpaired) electrons. The summed E-state index contributed by atoms with van der Waals surface area (Å²) in [7, 11) is 1.80. The number of hydrogen-bond donors (Lipinski definition) is 3. The molecule has 2 aromatic carbocycles. The number of H-pyrrole nitrogens is 1. The summed E-state index contributed by atoms with van der Waals surface area (Å²) in [6.07, 6.45) is 14.0. The minimum absolute atomic E-state index is 0.106. The van der Waals surface area contributed by atoms with Crippen LogP contribution >= 0.6 is 0 Å². The lowest BCUT2D eigenvalue weighted by Crippen LogP contribution is -2.47. The Balaban J connectivity index is 0.823. The van der Waals surface area contributed by atoms with Crippen molar-refractivity contribution in [1.29, 1.82) is 0 Å². The number of nitrogens with zero attached hydrogens (tertiary/aromatic N) is 9. The average Bonchev–Trinajstić information content (AvgIpc) is 3.94. The lowest BCUT2D eigenvalue weighted by Gasteiger charge is -2.36. The van der Waals surface area contributed by atoms with Crippen LogP contribution in [-0.4, -0.2) is 85.7 Å². The lowest BCUT2D eigenvalue weighted by molar-refractivity contribution is -0.122. The molecule has 5 heterocycles. The first kappa shape index (κ1) is 37.5. The van der Waals surface area contributed by atoms with Crippen LogP contribution in [0.4, 0.5) is 0 Å². The molecule has 0 aliphatic carbocycles. The Hall–Kier alpha value is -5.80. The summed E-state index contributed by atoms with van der Waals surface area (Å²) in [4.78, 5) is 45.6. The van der Waals surface area contributed by atoms with Crippen molar-refractivity contribution in [2.75, 3.05) is 13.1 Å². The molecule has 7 rings (SSSR count). The molecule has 0 unspecified atom stereocenters. The van der Waals surface area contributed by atoms with Crippen LogP contribution in [0.5, 0.6) is 0 Å². The zero-order chi connectivity index (χ0) is 38.2. The maximum Gasteiger partial charge on any atom is 0.281 e. The standard InChI is InChI=1S/C40H47N11O4/c1-48-38(36-37(47-48)39(54)50(27-42-36)26-40(55)15-18-49(28-53)19-16-40)33-13-11-31(12-14-33)21-41-22-32-23-43-51(24-32)17-5-3-2-4-6-29-7-9-30(10-8-29)20-34-44-35(25-52)46-45-34/h7-14,23-25,27-28,41,55H,2-6,15-22,26H2,1H3,(H,44,45,46). The summed E-state index contributed by atoms with van der Waals surface area (Å²) in [6, 6.07) is 16.7. The molecule has 1 aliphatic heterocycles. The van der Waals surface area contributed by atoms with Crippen molar-refractivity contribution in [3.63, 3.8) is 0 Å². The van der Waals surface area contributed by atoms with Crippen LogP contribution in [-0.2, 0) is 50.9 Å². The van der Waals surface area contributed by atoms with Gasteiger partial charge >= 0.3 is 0 Å². The lowest BCUT2D eigenvalue weighted by atomic mass is 9.91. The van der Waals surface area contributed by atoms with Gasteiger partial charge in [-0.25, -0.2) is 9.97 Å². The molecule has 1 saturated heterocycles. The van der Waals surface area contributed by atoms with Gasteiger partial charge in [0.15, 0.2) is 11.8 Å². The number of rotatable bonds is 18. The number of aliphatic hydroxyl groups is 1. The number of fused-ring (bicyclic) bond motifs is 1. The van der Waals surface area contributed by atoms with Crippen molar-refractivity contribution in [3.05, 3.63) is 112 Å². The molecular weight excluding hydrogens is 699 g/mol. The van der Waals surface area contributed by atoms with Crippen LogP contribution in [0.2, 0.25) is 0 Å². The fourth-order valence-corrected chi connectivity index (χ4v) is 7.22. The molecule has 55 heavy (non-hydrogen) atoms. The first-order valence-corrected chi connectivity index (χ1v) is 18.9. The van der Waals surface area contributed by atoms with Gasteiger partial charge < -0.3 is 15.3 Å². The van der Waals surface area contributed by atoms with E-state index in [0.717, 1.165) is 66.6 Å². The van der Waals surface area contributed by atoms with Gasteiger partial charge in [0.1, 0.15) is 11.3 Å². The van der Waals surface area contributed by atoms with Gasteiger partial charge in [-0.1, -0.05) is 61.4 Å². The van der Waals surface area contributed by atoms with Crippen LogP contribution in [0, 0.1) is 0 Å². The second-order valence-corrected chi connectivity index (χ2v) is 14.5. The zero-order valence-electron chi connectivity index (χ0n) is 31.1. The molecule has 1 aliphatic rings. The third kappa shape index (κ3) is 9.30. The number of unbranched alkanes of at least 4 members (excludes halogenated alkanes) is 3. The van der Waals surface area contributed by atoms with Gasteiger partial charge in [0.25, 0.3) is 5.56 Å². The Kier molecular flexibility index (Phi) is 11.7. The maximum absolute atomic E-state index is 13.4. The van der Waals surface area contributed by atoms with E-state index in [2.05, 4.69) is 78.3 Å². The number of carbonyl (C=O) groups is 2. The van der Waals surface area contributed by atoms with Crippen LogP contribution in [0.1, 0.15) is 77.2 Å². The number of carbonyl (C=O) groups excluding carboxylic acids is 2. The molecule has 4 aromatic heterocycles. The Morgan fingerprint density at radius 3 is 2.38 bits per heavy atom. The highest BCUT2D eigenvalue weighted by atomic mass is 16.3. The highest BCUT2D eigenvalue weighted by Crippen LogP contribution is 2.27. The Morgan fingerprint density at radius 1 is 0.909 bits per heavy atom. The van der Waals surface area contributed by atoms with E-state index in [-0.39, 0.29) is 23.4 Å². The number of benzene rings is 2. The monoisotopic (exact) mass is 745 g/mol. The van der Waals surface area contributed by atoms with Gasteiger partial charge in [0.05, 0.1) is 30.4 Å². The summed E-state index contributed by atoms with van der Waals surface area (Å²) in [6.45, 7) is 3.33. The smallest absolute Gasteiger partial charge is 0.281 e. The molecule has 286 valence electrons. The topological polar surface area (TPSA) is 182 Å². The predicted octanol–water partition coefficient (Wildman–Crippen LogP) is 3.59. The Morgan fingerprint density at radius 2 is 1.64 bits per heavy atom. The van der Waals surface area contributed by atoms with Crippen molar-refractivity contribution >= 4 is 23.7 Å². The number of aromatic amines is 1. The van der Waals surface area contributed by atoms with Gasteiger partial charge in [0, 0.05) is 63.5 Å². The normalized spacial score (nSPS) is 14.1. The Labute approximate surface area is 318 Å². The molecule has 3 N–H and O–H groups in total. The fraction of sp³-hybridized carbons (Fsp3) is 0.400. The van der Waals surface area contributed by atoms with E-state index in [9.17, 15) is 19.5 Å². The van der Waals surface area contributed by atoms with Crippen molar-refractivity contribution in [2.45, 2.75) is 83.1 Å². The molecule has 0 saturated carbocycles. The van der Waals surface area contributed by atoms with E-state index in [1.807, 2.05) is 23.0 Å². The van der Waals surface area contributed by atoms with E-state index < -0.39 is 5.60 Å². The number of nitrogens with one attached hydrogen (secondary N) is 2. The average molecular weight is 746 g/mol. The molecule has 15 heteroatoms. The number of aromatic nitrogens is 9. The van der Waals surface area contributed by atoms with Crippen LogP contribution in [0.3, 0.4) is 0 Å². The van der Waals surface area contributed by atoms with Gasteiger partial charge in [0.2, 0.25) is 12.2 Å². The molecule has 0 atom stereocenters. The fourth-order valence-electron chi connectivity index (χ4n) is 7.22. The molecule has 1 amide bonds. The van der Waals surface area contributed by atoms with Crippen molar-refractivity contribution in [3.8, 4) is 11.3 Å². The second-order valence-electron chi connectivity index (χ2n) is 14.5. The predicted molar refractivity (Wildman–Crippen MR) is 206 cm³/mol. The number of amides is 1. The molecule has 0 bridgehead atoms. The van der Waals surface area contributed by atoms with E-state index in [1.165, 1.54) is 22.9 Å². The molecule has 0 spiro atoms. The van der Waals surface area contributed by atoms with Gasteiger partial charge in [-0.05, 0) is 48.8 Å². The summed E-state index contributed by atoms with van der Waals surface area (Å²) in [5.74, 6) is 0.874. The van der Waals surface area contributed by atoms with Crippen molar-refractivity contribution in [2.24, 2.45) is 7.05 Å². The summed E-state index contributed by atoms with van der Waals surface area (Å²) in [5.41, 5.74) is 5.80. The zero-order valence-corrected chi connectivity index (χ0v) is 31.1.